The van der Waals surface area contributed by atoms with Crippen molar-refractivity contribution in [1.29, 1.82) is 0 Å². The Balaban J connectivity index is 1.15. The van der Waals surface area contributed by atoms with Gasteiger partial charge < -0.3 is 4.42 Å². The van der Waals surface area contributed by atoms with E-state index in [2.05, 4.69) is 15.9 Å². The Hall–Kier alpha value is -3.37. The number of anilines is 1. The highest BCUT2D eigenvalue weighted by Gasteiger charge is 2.70. The lowest BCUT2D eigenvalue weighted by molar-refractivity contribution is -0.123. The van der Waals surface area contributed by atoms with Gasteiger partial charge in [0.15, 0.2) is 0 Å². The molecule has 2 aliphatic heterocycles. The highest BCUT2D eigenvalue weighted by atomic mass is 79.9. The first-order valence-corrected chi connectivity index (χ1v) is 18.2. The zero-order valence-corrected chi connectivity index (χ0v) is 28.2. The van der Waals surface area contributed by atoms with Crippen LogP contribution in [0.25, 0.3) is 11.3 Å². The average Bonchev–Trinajstić information content (AvgIpc) is 3.87. The number of thiazole rings is 1. The van der Waals surface area contributed by atoms with Gasteiger partial charge in [0, 0.05) is 20.3 Å². The lowest BCUT2D eigenvalue weighted by atomic mass is 9.69. The zero-order valence-electron chi connectivity index (χ0n) is 24.2. The maximum atomic E-state index is 14.1. The van der Waals surface area contributed by atoms with Crippen LogP contribution in [0, 0.1) is 29.6 Å². The number of amides is 2. The van der Waals surface area contributed by atoms with Crippen LogP contribution in [0.4, 0.5) is 5.69 Å². The van der Waals surface area contributed by atoms with Crippen molar-refractivity contribution in [3.8, 4) is 11.3 Å². The van der Waals surface area contributed by atoms with Crippen LogP contribution < -0.4 is 9.77 Å². The van der Waals surface area contributed by atoms with Gasteiger partial charge in [0.2, 0.25) is 11.8 Å². The molecule has 3 fully saturated rings. The molecule has 5 aromatic rings. The zero-order chi connectivity index (χ0) is 31.3. The monoisotopic (exact) mass is 728 g/mol. The quantitative estimate of drug-likeness (QED) is 0.170. The largest absolute Gasteiger partial charge is 0.460 e. The minimum Gasteiger partial charge on any atom is -0.460 e. The van der Waals surface area contributed by atoms with E-state index < -0.39 is 0 Å². The second kappa shape index (κ2) is 10.8. The molecule has 4 aliphatic rings. The Bertz CT molecular complexity index is 2070. The molecule has 0 radical (unpaired) electrons. The van der Waals surface area contributed by atoms with Gasteiger partial charge in [-0.3, -0.25) is 23.9 Å². The molecule has 6 nitrogen and oxygen atoms in total. The predicted molar refractivity (Wildman–Crippen MR) is 183 cm³/mol. The van der Waals surface area contributed by atoms with Crippen LogP contribution >= 0.6 is 50.6 Å². The molecular weight excluding hydrogens is 704 g/mol. The fourth-order valence-electron chi connectivity index (χ4n) is 8.47. The minimum absolute atomic E-state index is 0.000349. The Kier molecular flexibility index (Phi) is 6.79. The van der Waals surface area contributed by atoms with Gasteiger partial charge in [-0.2, -0.15) is 0 Å². The van der Waals surface area contributed by atoms with Crippen molar-refractivity contribution in [3.05, 3.63) is 126 Å². The average molecular weight is 730 g/mol. The Morgan fingerprint density at radius 2 is 1.57 bits per heavy atom. The first-order chi connectivity index (χ1) is 22.4. The number of thioether (sulfide) groups is 1. The van der Waals surface area contributed by atoms with Gasteiger partial charge >= 0.3 is 4.87 Å². The summed E-state index contributed by atoms with van der Waals surface area (Å²) in [5.74, 6) is 0.457. The number of imide groups is 1. The van der Waals surface area contributed by atoms with Crippen LogP contribution in [0.3, 0.4) is 0 Å². The van der Waals surface area contributed by atoms with Crippen molar-refractivity contribution < 1.29 is 14.0 Å². The summed E-state index contributed by atoms with van der Waals surface area (Å²) < 4.78 is 9.53. The molecule has 2 aliphatic carbocycles. The van der Waals surface area contributed by atoms with Crippen LogP contribution in [-0.4, -0.2) is 21.6 Å². The fraction of sp³-hybridized carbons (Fsp3) is 0.250. The fourth-order valence-corrected chi connectivity index (χ4v) is 12.0. The number of nitrogens with zero attached hydrogens (tertiary/aromatic N) is 2. The summed E-state index contributed by atoms with van der Waals surface area (Å²) in [6.07, 6.45) is 0.818. The summed E-state index contributed by atoms with van der Waals surface area (Å²) in [6, 6.07) is 29.0. The van der Waals surface area contributed by atoms with Crippen molar-refractivity contribution in [3.63, 3.8) is 0 Å². The van der Waals surface area contributed by atoms with Crippen LogP contribution in [0.5, 0.6) is 0 Å². The molecular formula is C36H26BrClN2O4S2. The summed E-state index contributed by atoms with van der Waals surface area (Å²) in [5, 5.41) is 1.59. The second-order valence-corrected chi connectivity index (χ2v) is 16.1. The molecule has 3 aromatic carbocycles. The first kappa shape index (κ1) is 28.8. The molecule has 4 heterocycles. The van der Waals surface area contributed by atoms with Crippen molar-refractivity contribution >= 4 is 68.1 Å². The van der Waals surface area contributed by atoms with E-state index in [4.69, 9.17) is 16.0 Å². The van der Waals surface area contributed by atoms with E-state index in [0.717, 1.165) is 43.4 Å². The molecule has 2 saturated carbocycles. The second-order valence-electron chi connectivity index (χ2n) is 12.6. The first-order valence-electron chi connectivity index (χ1n) is 15.3. The molecule has 9 rings (SSSR count). The molecule has 0 spiro atoms. The van der Waals surface area contributed by atoms with E-state index in [1.54, 1.807) is 36.0 Å². The lowest BCUT2D eigenvalue weighted by Gasteiger charge is -2.42. The van der Waals surface area contributed by atoms with E-state index in [1.807, 2.05) is 71.3 Å². The van der Waals surface area contributed by atoms with Gasteiger partial charge in [0.05, 0.1) is 39.9 Å². The highest BCUT2D eigenvalue weighted by molar-refractivity contribution is 9.10. The smallest absolute Gasteiger partial charge is 0.308 e. The third-order valence-electron chi connectivity index (χ3n) is 10.3. The highest BCUT2D eigenvalue weighted by Crippen LogP contribution is 2.69. The van der Waals surface area contributed by atoms with Gasteiger partial charge in [-0.1, -0.05) is 81.3 Å². The van der Waals surface area contributed by atoms with Gasteiger partial charge in [-0.25, -0.2) is 0 Å². The Morgan fingerprint density at radius 1 is 0.848 bits per heavy atom. The molecule has 7 atom stereocenters. The number of carbonyl (C=O) groups is 2. The maximum Gasteiger partial charge on any atom is 0.308 e. The molecule has 2 bridgehead atoms. The van der Waals surface area contributed by atoms with E-state index in [0.29, 0.717) is 17.3 Å². The molecule has 1 saturated heterocycles. The van der Waals surface area contributed by atoms with Crippen molar-refractivity contribution in [2.45, 2.75) is 29.2 Å². The van der Waals surface area contributed by atoms with Crippen molar-refractivity contribution in [1.82, 2.24) is 4.57 Å². The van der Waals surface area contributed by atoms with Gasteiger partial charge in [-0.05, 0) is 78.3 Å². The minimum atomic E-state index is -0.386. The number of benzene rings is 3. The molecule has 10 heteroatoms. The molecule has 230 valence electrons. The molecule has 2 amide bonds. The number of rotatable bonds is 5. The maximum absolute atomic E-state index is 14.1. The van der Waals surface area contributed by atoms with E-state index in [9.17, 15) is 14.4 Å². The van der Waals surface area contributed by atoms with E-state index >= 15 is 0 Å². The summed E-state index contributed by atoms with van der Waals surface area (Å²) in [7, 11) is 0. The summed E-state index contributed by atoms with van der Waals surface area (Å²) in [6.45, 7) is 0.479. The topological polar surface area (TPSA) is 72.5 Å². The van der Waals surface area contributed by atoms with E-state index in [1.165, 1.54) is 16.2 Å². The Morgan fingerprint density at radius 3 is 2.30 bits per heavy atom. The molecule has 0 unspecified atom stereocenters. The summed E-state index contributed by atoms with van der Waals surface area (Å²) in [5.41, 5.74) is 2.60. The number of hydrogen-bond donors (Lipinski definition) is 0. The Labute approximate surface area is 286 Å². The van der Waals surface area contributed by atoms with Crippen LogP contribution in [0.2, 0.25) is 5.02 Å². The van der Waals surface area contributed by atoms with Crippen LogP contribution in [-0.2, 0) is 16.1 Å². The van der Waals surface area contributed by atoms with Crippen molar-refractivity contribution in [2.24, 2.45) is 29.6 Å². The summed E-state index contributed by atoms with van der Waals surface area (Å²) >= 11 is 12.7. The number of aromatic nitrogens is 1. The SMILES string of the molecule is O=C1[C@@H]2[C@H]3C[C@@H]([C@@H]2C(=O)N1c1ccc(Cl)cc1)[C@@H]1[C@H](c2ccc(-c4ccc(Br)cc4)o2)c2sc(=O)n(Cc4ccccc4)c2S[C@@H]31. The van der Waals surface area contributed by atoms with Crippen LogP contribution in [0.1, 0.15) is 28.5 Å². The number of carbonyl (C=O) groups excluding carboxylic acids is 2. The molecule has 46 heavy (non-hydrogen) atoms. The van der Waals surface area contributed by atoms with Gasteiger partial charge in [-0.15, -0.1) is 11.8 Å². The van der Waals surface area contributed by atoms with Gasteiger partial charge in [0.25, 0.3) is 0 Å². The van der Waals surface area contributed by atoms with Crippen LogP contribution in [0.15, 0.2) is 110 Å². The predicted octanol–water partition coefficient (Wildman–Crippen LogP) is 8.31. The molecule has 2 aromatic heterocycles. The number of hydrogen-bond acceptors (Lipinski definition) is 6. The standard InChI is InChI=1S/C36H26BrClN2O4S2/c37-20-8-6-19(7-9-20)25-14-15-26(44-25)30-27-23-16-24(29-28(23)33(41)40(34(29)42)22-12-10-21(38)11-13-22)31(27)45-35-32(30)46-36(43)39(35)17-18-4-2-1-3-5-18/h1-15,23-24,27-31H,16-17H2/t23-,24-,27-,28+,29-,30+,31+/m1/s1. The molecule has 0 N–H and O–H groups in total. The van der Waals surface area contributed by atoms with Gasteiger partial charge in [0.1, 0.15) is 11.5 Å². The normalized spacial score (nSPS) is 27.6. The van der Waals surface area contributed by atoms with Crippen molar-refractivity contribution in [2.75, 3.05) is 4.90 Å². The summed E-state index contributed by atoms with van der Waals surface area (Å²) in [4.78, 5) is 44.2. The number of fused-ring (bicyclic) bond motifs is 9. The third kappa shape index (κ3) is 4.31. The number of halogens is 2. The third-order valence-corrected chi connectivity index (χ3v) is 13.9. The lowest BCUT2D eigenvalue weighted by Crippen LogP contribution is -2.43. The van der Waals surface area contributed by atoms with E-state index in [-0.39, 0.29) is 57.4 Å². The number of furan rings is 1.